The van der Waals surface area contributed by atoms with Gasteiger partial charge in [-0.2, -0.15) is 0 Å². The molecule has 0 saturated heterocycles. The number of amides is 2. The van der Waals surface area contributed by atoms with Gasteiger partial charge in [0.15, 0.2) is 0 Å². The Morgan fingerprint density at radius 1 is 0.826 bits per heavy atom. The number of hydrogen-bond acceptors (Lipinski definition) is 5. The van der Waals surface area contributed by atoms with Crippen molar-refractivity contribution >= 4 is 27.5 Å². The summed E-state index contributed by atoms with van der Waals surface area (Å²) < 4.78 is 48.6. The number of nitrogens with zero attached hydrogens (tertiary/aromatic N) is 2. The second-order valence-electron chi connectivity index (χ2n) is 11.8. The van der Waals surface area contributed by atoms with Gasteiger partial charge in [0.05, 0.1) is 17.2 Å². The van der Waals surface area contributed by atoms with E-state index < -0.39 is 39.9 Å². The van der Waals surface area contributed by atoms with Crippen molar-refractivity contribution in [2.24, 2.45) is 0 Å². The lowest BCUT2D eigenvalue weighted by molar-refractivity contribution is -0.140. The second kappa shape index (κ2) is 15.1. The van der Waals surface area contributed by atoms with E-state index in [0.717, 1.165) is 27.6 Å². The minimum absolute atomic E-state index is 0.0507. The first-order valence-electron chi connectivity index (χ1n) is 15.1. The van der Waals surface area contributed by atoms with Crippen molar-refractivity contribution in [2.45, 2.75) is 57.1 Å². The Hall–Kier alpha value is -4.70. The number of rotatable bonds is 13. The van der Waals surface area contributed by atoms with Crippen LogP contribution in [0.1, 0.15) is 38.8 Å². The Kier molecular flexibility index (Phi) is 11.2. The maximum absolute atomic E-state index is 14.5. The SMILES string of the molecule is CCOc1ccc(S(=O)(=O)N(CC(=O)N(Cc2ccccc2)C(Cc2ccccc2)C(=O)NC(C)(C)C)c2ccc(F)cc2)cc1. The number of halogens is 1. The topological polar surface area (TPSA) is 96.0 Å². The van der Waals surface area contributed by atoms with Gasteiger partial charge >= 0.3 is 0 Å². The lowest BCUT2D eigenvalue weighted by Crippen LogP contribution is -2.56. The minimum Gasteiger partial charge on any atom is -0.494 e. The highest BCUT2D eigenvalue weighted by Gasteiger charge is 2.35. The standard InChI is InChI=1S/C36H40FN3O5S/c1-5-45-31-20-22-32(23-21-31)46(43,44)40(30-18-16-29(37)17-19-30)26-34(41)39(25-28-14-10-7-11-15-28)33(35(42)38-36(2,3)4)24-27-12-8-6-9-13-27/h6-23,33H,5,24-26H2,1-4H3,(H,38,42). The largest absolute Gasteiger partial charge is 0.494 e. The molecule has 4 aromatic rings. The van der Waals surface area contributed by atoms with Crippen molar-refractivity contribution in [3.63, 3.8) is 0 Å². The molecule has 1 N–H and O–H groups in total. The number of ether oxygens (including phenoxy) is 1. The molecule has 10 heteroatoms. The molecule has 0 spiro atoms. The fourth-order valence-corrected chi connectivity index (χ4v) is 6.34. The summed E-state index contributed by atoms with van der Waals surface area (Å²) in [5.41, 5.74) is 1.10. The summed E-state index contributed by atoms with van der Waals surface area (Å²) in [5, 5.41) is 3.01. The molecule has 0 saturated carbocycles. The molecular formula is C36H40FN3O5S. The number of carbonyl (C=O) groups is 2. The fourth-order valence-electron chi connectivity index (χ4n) is 4.92. The number of anilines is 1. The summed E-state index contributed by atoms with van der Waals surface area (Å²) in [5.74, 6) is -1.04. The van der Waals surface area contributed by atoms with E-state index in [-0.39, 0.29) is 29.5 Å². The second-order valence-corrected chi connectivity index (χ2v) is 13.7. The molecule has 0 aliphatic carbocycles. The van der Waals surface area contributed by atoms with Crippen LogP contribution in [-0.2, 0) is 32.6 Å². The molecule has 4 rings (SSSR count). The van der Waals surface area contributed by atoms with Gasteiger partial charge in [0, 0.05) is 18.5 Å². The van der Waals surface area contributed by atoms with Gasteiger partial charge in [-0.1, -0.05) is 60.7 Å². The normalized spacial score (nSPS) is 12.2. The summed E-state index contributed by atoms with van der Waals surface area (Å²) in [6.45, 7) is 7.21. The van der Waals surface area contributed by atoms with E-state index in [1.165, 1.54) is 41.3 Å². The van der Waals surface area contributed by atoms with Gasteiger partial charge in [-0.15, -0.1) is 0 Å². The van der Waals surface area contributed by atoms with Crippen LogP contribution >= 0.6 is 0 Å². The third-order valence-electron chi connectivity index (χ3n) is 7.08. The first-order chi connectivity index (χ1) is 21.9. The summed E-state index contributed by atoms with van der Waals surface area (Å²) in [7, 11) is -4.33. The summed E-state index contributed by atoms with van der Waals surface area (Å²) in [4.78, 5) is 29.7. The molecule has 2 amide bonds. The van der Waals surface area contributed by atoms with E-state index in [2.05, 4.69) is 5.32 Å². The van der Waals surface area contributed by atoms with Crippen molar-refractivity contribution in [1.82, 2.24) is 10.2 Å². The van der Waals surface area contributed by atoms with E-state index in [0.29, 0.717) is 12.4 Å². The number of carbonyl (C=O) groups excluding carboxylic acids is 2. The van der Waals surface area contributed by atoms with E-state index in [4.69, 9.17) is 4.74 Å². The molecule has 46 heavy (non-hydrogen) atoms. The van der Waals surface area contributed by atoms with Crippen LogP contribution < -0.4 is 14.4 Å². The van der Waals surface area contributed by atoms with Crippen molar-refractivity contribution in [3.05, 3.63) is 126 Å². The lowest BCUT2D eigenvalue weighted by atomic mass is 10.0. The van der Waals surface area contributed by atoms with Crippen LogP contribution in [0.4, 0.5) is 10.1 Å². The van der Waals surface area contributed by atoms with Crippen molar-refractivity contribution < 1.29 is 27.1 Å². The molecule has 0 radical (unpaired) electrons. The van der Waals surface area contributed by atoms with Crippen molar-refractivity contribution in [1.29, 1.82) is 0 Å². The molecular weight excluding hydrogens is 605 g/mol. The third-order valence-corrected chi connectivity index (χ3v) is 8.87. The highest BCUT2D eigenvalue weighted by molar-refractivity contribution is 7.92. The van der Waals surface area contributed by atoms with Gasteiger partial charge in [-0.3, -0.25) is 13.9 Å². The van der Waals surface area contributed by atoms with E-state index in [1.807, 2.05) is 88.4 Å². The highest BCUT2D eigenvalue weighted by atomic mass is 32.2. The molecule has 0 aromatic heterocycles. The number of sulfonamides is 1. The Morgan fingerprint density at radius 3 is 1.93 bits per heavy atom. The average molecular weight is 646 g/mol. The van der Waals surface area contributed by atoms with E-state index >= 15 is 0 Å². The lowest BCUT2D eigenvalue weighted by Gasteiger charge is -2.35. The van der Waals surface area contributed by atoms with Crippen LogP contribution in [0.15, 0.2) is 114 Å². The molecule has 0 heterocycles. The molecule has 0 aliphatic heterocycles. The van der Waals surface area contributed by atoms with Crippen LogP contribution in [0.2, 0.25) is 0 Å². The van der Waals surface area contributed by atoms with Gasteiger partial charge in [0.25, 0.3) is 10.0 Å². The summed E-state index contributed by atoms with van der Waals surface area (Å²) in [6.07, 6.45) is 0.198. The fraction of sp³-hybridized carbons (Fsp3) is 0.278. The zero-order chi connectivity index (χ0) is 33.3. The summed E-state index contributed by atoms with van der Waals surface area (Å²) >= 11 is 0. The van der Waals surface area contributed by atoms with Gasteiger partial charge in [-0.05, 0) is 87.4 Å². The molecule has 0 fully saturated rings. The smallest absolute Gasteiger partial charge is 0.264 e. The summed E-state index contributed by atoms with van der Waals surface area (Å²) in [6, 6.07) is 28.3. The molecule has 1 unspecified atom stereocenters. The quantitative estimate of drug-likeness (QED) is 0.193. The Morgan fingerprint density at radius 2 is 1.39 bits per heavy atom. The molecule has 4 aromatic carbocycles. The number of benzene rings is 4. The first-order valence-corrected chi connectivity index (χ1v) is 16.5. The zero-order valence-electron chi connectivity index (χ0n) is 26.5. The van der Waals surface area contributed by atoms with Gasteiger partial charge < -0.3 is 15.0 Å². The molecule has 1 atom stereocenters. The third kappa shape index (κ3) is 9.17. The van der Waals surface area contributed by atoms with E-state index in [9.17, 15) is 22.4 Å². The Balaban J connectivity index is 1.79. The van der Waals surface area contributed by atoms with Crippen molar-refractivity contribution in [2.75, 3.05) is 17.5 Å². The maximum atomic E-state index is 14.5. The van der Waals surface area contributed by atoms with Gasteiger partial charge in [-0.25, -0.2) is 12.8 Å². The Bertz CT molecular complexity index is 1690. The molecule has 0 aliphatic rings. The van der Waals surface area contributed by atoms with Gasteiger partial charge in [0.1, 0.15) is 24.2 Å². The molecule has 0 bridgehead atoms. The van der Waals surface area contributed by atoms with Crippen LogP contribution in [0.3, 0.4) is 0 Å². The minimum atomic E-state index is -4.33. The zero-order valence-corrected chi connectivity index (χ0v) is 27.3. The monoisotopic (exact) mass is 645 g/mol. The highest BCUT2D eigenvalue weighted by Crippen LogP contribution is 2.27. The number of nitrogens with one attached hydrogen (secondary N) is 1. The van der Waals surface area contributed by atoms with E-state index in [1.54, 1.807) is 0 Å². The first kappa shape index (κ1) is 34.2. The van der Waals surface area contributed by atoms with Crippen molar-refractivity contribution in [3.8, 4) is 5.75 Å². The van der Waals surface area contributed by atoms with Crippen LogP contribution in [0.5, 0.6) is 5.75 Å². The molecule has 242 valence electrons. The van der Waals surface area contributed by atoms with Gasteiger partial charge in [0.2, 0.25) is 11.8 Å². The number of hydrogen-bond donors (Lipinski definition) is 1. The predicted molar refractivity (Wildman–Crippen MR) is 177 cm³/mol. The van der Waals surface area contributed by atoms with Crippen LogP contribution in [0, 0.1) is 5.82 Å². The molecule has 8 nitrogen and oxygen atoms in total. The van der Waals surface area contributed by atoms with Crippen LogP contribution in [-0.4, -0.2) is 49.9 Å². The average Bonchev–Trinajstić information content (AvgIpc) is 3.02. The van der Waals surface area contributed by atoms with Crippen LogP contribution in [0.25, 0.3) is 0 Å². The maximum Gasteiger partial charge on any atom is 0.264 e. The predicted octanol–water partition coefficient (Wildman–Crippen LogP) is 5.97. The Labute approximate surface area is 270 Å².